The Balaban J connectivity index is 1.43. The number of rotatable bonds is 5. The van der Waals surface area contributed by atoms with Gasteiger partial charge in [-0.2, -0.15) is 0 Å². The van der Waals surface area contributed by atoms with Crippen LogP contribution in [0.4, 0.5) is 11.4 Å². The maximum absolute atomic E-state index is 6.93. The van der Waals surface area contributed by atoms with Gasteiger partial charge < -0.3 is 19.7 Å². The highest BCUT2D eigenvalue weighted by Crippen LogP contribution is 2.44. The lowest BCUT2D eigenvalue weighted by atomic mass is 9.98. The van der Waals surface area contributed by atoms with Crippen LogP contribution in [0.25, 0.3) is 5.69 Å². The first kappa shape index (κ1) is 26.5. The second-order valence-electron chi connectivity index (χ2n) is 10.2. The SMILES string of the molecule is CC1CCN(c2ccc(N3C(=S)N[C@H](c4ccccn4)[C@@H]3c3cccn3-c3ccc(Cl)cc3Cl)cc2Cl)CC1. The van der Waals surface area contributed by atoms with Crippen LogP contribution in [-0.4, -0.2) is 27.8 Å². The fourth-order valence-electron chi connectivity index (χ4n) is 5.62. The Kier molecular flexibility index (Phi) is 7.47. The highest BCUT2D eigenvalue weighted by atomic mass is 35.5. The molecule has 4 heterocycles. The molecule has 0 amide bonds. The molecular formula is C30H28Cl3N5S. The van der Waals surface area contributed by atoms with Crippen molar-refractivity contribution in [1.82, 2.24) is 14.9 Å². The van der Waals surface area contributed by atoms with Gasteiger partial charge in [-0.3, -0.25) is 4.98 Å². The fraction of sp³-hybridized carbons (Fsp3) is 0.267. The van der Waals surface area contributed by atoms with E-state index in [1.807, 2.05) is 48.7 Å². The van der Waals surface area contributed by atoms with Crippen molar-refractivity contribution in [1.29, 1.82) is 0 Å². The zero-order valence-electron chi connectivity index (χ0n) is 21.4. The molecule has 2 aromatic heterocycles. The van der Waals surface area contributed by atoms with Gasteiger partial charge in [0.1, 0.15) is 6.04 Å². The van der Waals surface area contributed by atoms with Crippen molar-refractivity contribution < 1.29 is 0 Å². The molecule has 2 fully saturated rings. The second-order valence-corrected chi connectivity index (χ2v) is 11.8. The molecule has 0 bridgehead atoms. The topological polar surface area (TPSA) is 36.3 Å². The number of hydrogen-bond donors (Lipinski definition) is 1. The Hall–Kier alpha value is -2.77. The van der Waals surface area contributed by atoms with Gasteiger partial charge in [-0.1, -0.05) is 47.8 Å². The van der Waals surface area contributed by atoms with Crippen molar-refractivity contribution in [3.05, 3.63) is 106 Å². The standard InChI is InChI=1S/C30H28Cl3N5S/c1-19-11-15-36(16-12-19)25-10-8-21(18-23(25)33)38-29(28(35-30(38)39)24-5-2-3-13-34-24)27-6-4-14-37(27)26-9-7-20(31)17-22(26)32/h2-10,13-14,17-19,28-29H,11-12,15-16H2,1H3,(H,35,39)/t28-,29+/m1/s1. The van der Waals surface area contributed by atoms with E-state index >= 15 is 0 Å². The molecule has 9 heteroatoms. The van der Waals surface area contributed by atoms with Gasteiger partial charge in [0.15, 0.2) is 5.11 Å². The molecule has 6 rings (SSSR count). The third-order valence-corrected chi connectivity index (χ3v) is 8.84. The molecule has 0 aliphatic carbocycles. The van der Waals surface area contributed by atoms with E-state index in [9.17, 15) is 0 Å². The summed E-state index contributed by atoms with van der Waals surface area (Å²) in [4.78, 5) is 9.20. The zero-order chi connectivity index (χ0) is 27.1. The average Bonchev–Trinajstić information content (AvgIpc) is 3.54. The maximum atomic E-state index is 6.93. The van der Waals surface area contributed by atoms with Crippen molar-refractivity contribution in [3.8, 4) is 5.69 Å². The molecule has 0 saturated carbocycles. The molecule has 200 valence electrons. The predicted molar refractivity (Wildman–Crippen MR) is 166 cm³/mol. The minimum atomic E-state index is -0.216. The summed E-state index contributed by atoms with van der Waals surface area (Å²) < 4.78 is 2.09. The second kappa shape index (κ2) is 11.0. The first-order chi connectivity index (χ1) is 18.9. The zero-order valence-corrected chi connectivity index (χ0v) is 24.5. The molecule has 5 nitrogen and oxygen atoms in total. The Morgan fingerprint density at radius 1 is 0.897 bits per heavy atom. The average molecular weight is 597 g/mol. The van der Waals surface area contributed by atoms with Gasteiger partial charge in [-0.25, -0.2) is 0 Å². The molecular weight excluding hydrogens is 569 g/mol. The quantitative estimate of drug-likeness (QED) is 0.235. The van der Waals surface area contributed by atoms with Crippen LogP contribution < -0.4 is 15.1 Å². The van der Waals surface area contributed by atoms with Gasteiger partial charge in [0.2, 0.25) is 0 Å². The molecule has 2 aromatic carbocycles. The van der Waals surface area contributed by atoms with Crippen LogP contribution in [0.5, 0.6) is 0 Å². The third-order valence-electron chi connectivity index (χ3n) is 7.68. The molecule has 0 radical (unpaired) electrons. The first-order valence-corrected chi connectivity index (χ1v) is 14.6. The van der Waals surface area contributed by atoms with Crippen LogP contribution in [0.1, 0.15) is 43.2 Å². The molecule has 2 aliphatic heterocycles. The van der Waals surface area contributed by atoms with Crippen molar-refractivity contribution in [2.75, 3.05) is 22.9 Å². The van der Waals surface area contributed by atoms with Gasteiger partial charge in [0.05, 0.1) is 33.2 Å². The molecule has 0 unspecified atom stereocenters. The number of hydrogen-bond acceptors (Lipinski definition) is 3. The van der Waals surface area contributed by atoms with Gasteiger partial charge in [-0.15, -0.1) is 0 Å². The normalized spacial score (nSPS) is 19.9. The first-order valence-electron chi connectivity index (χ1n) is 13.1. The number of thiocarbonyl (C=S) groups is 1. The van der Waals surface area contributed by atoms with Crippen molar-refractivity contribution in [3.63, 3.8) is 0 Å². The van der Waals surface area contributed by atoms with Crippen LogP contribution in [0, 0.1) is 5.92 Å². The lowest BCUT2D eigenvalue weighted by Gasteiger charge is -2.33. The minimum absolute atomic E-state index is 0.194. The number of aromatic nitrogens is 2. The number of nitrogens with one attached hydrogen (secondary N) is 1. The number of benzene rings is 2. The Labute approximate surface area is 249 Å². The van der Waals surface area contributed by atoms with E-state index in [0.717, 1.165) is 52.5 Å². The Morgan fingerprint density at radius 2 is 1.67 bits per heavy atom. The van der Waals surface area contributed by atoms with Crippen molar-refractivity contribution >= 4 is 63.5 Å². The fourth-order valence-corrected chi connectivity index (χ4v) is 6.76. The highest BCUT2D eigenvalue weighted by Gasteiger charge is 2.42. The Bertz CT molecular complexity index is 1500. The van der Waals surface area contributed by atoms with Crippen LogP contribution in [0.2, 0.25) is 15.1 Å². The van der Waals surface area contributed by atoms with Gasteiger partial charge in [-0.05, 0) is 91.6 Å². The van der Waals surface area contributed by atoms with Crippen LogP contribution in [0.3, 0.4) is 0 Å². The number of anilines is 2. The number of pyridine rings is 1. The number of nitrogens with zero attached hydrogens (tertiary/aromatic N) is 4. The van der Waals surface area contributed by atoms with Crippen molar-refractivity contribution in [2.24, 2.45) is 5.92 Å². The monoisotopic (exact) mass is 595 g/mol. The molecule has 39 heavy (non-hydrogen) atoms. The van der Waals surface area contributed by atoms with E-state index in [0.29, 0.717) is 15.2 Å². The molecule has 4 aromatic rings. The minimum Gasteiger partial charge on any atom is -0.370 e. The summed E-state index contributed by atoms with van der Waals surface area (Å²) in [5.41, 5.74) is 4.73. The largest absolute Gasteiger partial charge is 0.370 e. The Morgan fingerprint density at radius 3 is 2.38 bits per heavy atom. The summed E-state index contributed by atoms with van der Waals surface area (Å²) in [7, 11) is 0. The van der Waals surface area contributed by atoms with Gasteiger partial charge in [0, 0.05) is 41.9 Å². The molecule has 2 aliphatic rings. The summed E-state index contributed by atoms with van der Waals surface area (Å²) in [5.74, 6) is 0.752. The summed E-state index contributed by atoms with van der Waals surface area (Å²) in [5, 5.41) is 6.03. The lowest BCUT2D eigenvalue weighted by Crippen LogP contribution is -2.33. The molecule has 0 spiro atoms. The van der Waals surface area contributed by atoms with E-state index < -0.39 is 0 Å². The third kappa shape index (κ3) is 5.11. The van der Waals surface area contributed by atoms with E-state index in [1.165, 1.54) is 12.8 Å². The van der Waals surface area contributed by atoms with E-state index in [4.69, 9.17) is 47.0 Å². The van der Waals surface area contributed by atoms with Crippen LogP contribution in [-0.2, 0) is 0 Å². The smallest absolute Gasteiger partial charge is 0.174 e. The summed E-state index contributed by atoms with van der Waals surface area (Å²) >= 11 is 25.8. The summed E-state index contributed by atoms with van der Waals surface area (Å²) in [6, 6.07) is 21.4. The molecule has 2 atom stereocenters. The van der Waals surface area contributed by atoms with Gasteiger partial charge in [0.25, 0.3) is 0 Å². The number of halogens is 3. The summed E-state index contributed by atoms with van der Waals surface area (Å²) in [6.07, 6.45) is 6.17. The molecule has 2 saturated heterocycles. The van der Waals surface area contributed by atoms with E-state index in [1.54, 1.807) is 12.3 Å². The lowest BCUT2D eigenvalue weighted by molar-refractivity contribution is 0.438. The number of piperidine rings is 1. The highest BCUT2D eigenvalue weighted by molar-refractivity contribution is 7.80. The predicted octanol–water partition coefficient (Wildman–Crippen LogP) is 8.25. The summed E-state index contributed by atoms with van der Waals surface area (Å²) in [6.45, 7) is 4.35. The van der Waals surface area contributed by atoms with E-state index in [2.05, 4.69) is 49.8 Å². The van der Waals surface area contributed by atoms with Crippen LogP contribution in [0.15, 0.2) is 79.1 Å². The van der Waals surface area contributed by atoms with Crippen molar-refractivity contribution in [2.45, 2.75) is 31.8 Å². The van der Waals surface area contributed by atoms with Gasteiger partial charge >= 0.3 is 0 Å². The molecule has 1 N–H and O–H groups in total. The maximum Gasteiger partial charge on any atom is 0.174 e. The van der Waals surface area contributed by atoms with Crippen LogP contribution >= 0.6 is 47.0 Å². The van der Waals surface area contributed by atoms with E-state index in [-0.39, 0.29) is 12.1 Å².